The van der Waals surface area contributed by atoms with Gasteiger partial charge in [-0.25, -0.2) is 4.98 Å². The molecule has 0 amide bonds. The Labute approximate surface area is 149 Å². The Kier molecular flexibility index (Phi) is 4.89. The average molecular weight is 364 g/mol. The lowest BCUT2D eigenvalue weighted by molar-refractivity contribution is 0.137. The van der Waals surface area contributed by atoms with E-state index in [4.69, 9.17) is 21.7 Å². The fourth-order valence-corrected chi connectivity index (χ4v) is 3.70. The van der Waals surface area contributed by atoms with E-state index in [2.05, 4.69) is 4.98 Å². The predicted octanol–water partition coefficient (Wildman–Crippen LogP) is 4.06. The normalized spacial score (nSPS) is 16.1. The summed E-state index contributed by atoms with van der Waals surface area (Å²) in [5.74, 6) is 0.467. The van der Waals surface area contributed by atoms with Crippen LogP contribution >= 0.6 is 22.9 Å². The predicted molar refractivity (Wildman–Crippen MR) is 97.9 cm³/mol. The number of benzene rings is 1. The number of ether oxygens (including phenoxy) is 1. The number of nitrogens with zero attached hydrogens (tertiary/aromatic N) is 2. The highest BCUT2D eigenvalue weighted by Crippen LogP contribution is 2.33. The molecule has 2 heterocycles. The summed E-state index contributed by atoms with van der Waals surface area (Å²) in [5.41, 5.74) is 2.27. The van der Waals surface area contributed by atoms with Crippen LogP contribution in [0.1, 0.15) is 11.9 Å². The molecule has 0 radical (unpaired) electrons. The van der Waals surface area contributed by atoms with Gasteiger partial charge in [0.15, 0.2) is 0 Å². The van der Waals surface area contributed by atoms with E-state index in [0.717, 1.165) is 11.3 Å². The maximum absolute atomic E-state index is 10.3. The third-order valence-electron chi connectivity index (χ3n) is 3.93. The van der Waals surface area contributed by atoms with E-state index < -0.39 is 0 Å². The minimum Gasteiger partial charge on any atom is -0.510 e. The van der Waals surface area contributed by atoms with Crippen LogP contribution in [0.3, 0.4) is 0 Å². The van der Waals surface area contributed by atoms with Gasteiger partial charge in [-0.05, 0) is 19.1 Å². The maximum atomic E-state index is 10.3. The summed E-state index contributed by atoms with van der Waals surface area (Å²) < 4.78 is 5.15. The Morgan fingerprint density at radius 3 is 2.79 bits per heavy atom. The van der Waals surface area contributed by atoms with Crippen LogP contribution in [0.4, 0.5) is 0 Å². The molecular weight excluding hydrogens is 346 g/mol. The maximum Gasteiger partial charge on any atom is 0.135 e. The zero-order valence-electron chi connectivity index (χ0n) is 13.4. The van der Waals surface area contributed by atoms with E-state index in [9.17, 15) is 5.11 Å². The lowest BCUT2D eigenvalue weighted by Gasteiger charge is -2.25. The van der Waals surface area contributed by atoms with E-state index in [1.807, 2.05) is 41.5 Å². The summed E-state index contributed by atoms with van der Waals surface area (Å²) in [6.07, 6.45) is 0. The third-order valence-corrected chi connectivity index (χ3v) is 5.04. The molecule has 1 aromatic heterocycles. The van der Waals surface area contributed by atoms with Gasteiger partial charge in [-0.1, -0.05) is 23.7 Å². The van der Waals surface area contributed by atoms with E-state index in [1.165, 1.54) is 11.3 Å². The molecule has 1 aliphatic rings. The summed E-state index contributed by atoms with van der Waals surface area (Å²) in [5, 5.41) is 22.0. The van der Waals surface area contributed by atoms with Crippen molar-refractivity contribution in [2.45, 2.75) is 13.0 Å². The van der Waals surface area contributed by atoms with Gasteiger partial charge in [0.05, 0.1) is 30.5 Å². The monoisotopic (exact) mass is 363 g/mol. The second-order valence-corrected chi connectivity index (χ2v) is 6.94. The van der Waals surface area contributed by atoms with Crippen molar-refractivity contribution in [1.82, 2.24) is 9.88 Å². The first-order chi connectivity index (χ1) is 11.5. The Morgan fingerprint density at radius 2 is 2.12 bits per heavy atom. The molecule has 24 heavy (non-hydrogen) atoms. The quantitative estimate of drug-likeness (QED) is 0.840. The molecule has 0 saturated heterocycles. The number of aliphatic hydroxyl groups is 1. The molecule has 0 saturated carbocycles. The number of hydrogen-bond acceptors (Lipinski definition) is 5. The van der Waals surface area contributed by atoms with E-state index >= 15 is 0 Å². The first-order valence-electron chi connectivity index (χ1n) is 7.49. The molecule has 7 heteroatoms. The summed E-state index contributed by atoms with van der Waals surface area (Å²) in [6, 6.07) is 7.46. The van der Waals surface area contributed by atoms with Crippen LogP contribution in [0.25, 0.3) is 16.8 Å². The number of amidine groups is 1. The van der Waals surface area contributed by atoms with Gasteiger partial charge in [-0.2, -0.15) is 0 Å². The fraction of sp³-hybridized carbons (Fsp3) is 0.294. The number of aliphatic hydroxyl groups excluding tert-OH is 1. The summed E-state index contributed by atoms with van der Waals surface area (Å²) >= 11 is 7.34. The highest BCUT2D eigenvalue weighted by Gasteiger charge is 2.32. The topological polar surface area (TPSA) is 69.4 Å². The zero-order valence-corrected chi connectivity index (χ0v) is 15.0. The molecule has 0 fully saturated rings. The van der Waals surface area contributed by atoms with Crippen molar-refractivity contribution in [2.24, 2.45) is 0 Å². The van der Waals surface area contributed by atoms with Crippen LogP contribution in [-0.4, -0.2) is 47.1 Å². The molecule has 1 atom stereocenters. The van der Waals surface area contributed by atoms with Gasteiger partial charge >= 0.3 is 0 Å². The summed E-state index contributed by atoms with van der Waals surface area (Å²) in [4.78, 5) is 6.41. The standard InChI is InChI=1S/C17H18ClN3O2S/c1-10(8-23-2)21-7-14(22)15(16(21)19)17-20-13(9-24-17)11-3-5-12(18)6-4-11/h3-6,9-10,19,22H,7-8H2,1-2H3/t10-/m0/s1. The SMILES string of the molecule is COC[C@H](C)N1CC(O)=C(c2nc(-c3ccc(Cl)cc3)cs2)C1=N. The second-order valence-electron chi connectivity index (χ2n) is 5.65. The lowest BCUT2D eigenvalue weighted by Crippen LogP contribution is -2.38. The van der Waals surface area contributed by atoms with Gasteiger partial charge in [0.1, 0.15) is 16.6 Å². The van der Waals surface area contributed by atoms with Crippen molar-refractivity contribution >= 4 is 34.3 Å². The molecule has 2 aromatic rings. The van der Waals surface area contributed by atoms with Crippen molar-refractivity contribution in [2.75, 3.05) is 20.3 Å². The van der Waals surface area contributed by atoms with Crippen molar-refractivity contribution in [3.05, 3.63) is 45.4 Å². The smallest absolute Gasteiger partial charge is 0.135 e. The molecule has 3 rings (SSSR count). The van der Waals surface area contributed by atoms with Crippen LogP contribution in [0, 0.1) is 5.41 Å². The van der Waals surface area contributed by atoms with Gasteiger partial charge in [0, 0.05) is 23.1 Å². The Balaban J connectivity index is 1.86. The first kappa shape index (κ1) is 17.0. The van der Waals surface area contributed by atoms with E-state index in [1.54, 1.807) is 7.11 Å². The van der Waals surface area contributed by atoms with Crippen LogP contribution in [0.15, 0.2) is 35.4 Å². The van der Waals surface area contributed by atoms with Crippen molar-refractivity contribution in [1.29, 1.82) is 5.41 Å². The van der Waals surface area contributed by atoms with E-state index in [0.29, 0.717) is 28.8 Å². The summed E-state index contributed by atoms with van der Waals surface area (Å²) in [7, 11) is 1.63. The Morgan fingerprint density at radius 1 is 1.42 bits per heavy atom. The molecule has 0 aliphatic carbocycles. The second kappa shape index (κ2) is 6.93. The number of methoxy groups -OCH3 is 1. The number of rotatable bonds is 5. The molecular formula is C17H18ClN3O2S. The van der Waals surface area contributed by atoms with Crippen LogP contribution in [0.5, 0.6) is 0 Å². The van der Waals surface area contributed by atoms with Crippen LogP contribution in [-0.2, 0) is 4.74 Å². The molecule has 1 aromatic carbocycles. The summed E-state index contributed by atoms with van der Waals surface area (Å²) in [6.45, 7) is 2.78. The minimum absolute atomic E-state index is 0.0119. The van der Waals surface area contributed by atoms with Crippen molar-refractivity contribution in [3.8, 4) is 11.3 Å². The Bertz CT molecular complexity index is 785. The first-order valence-corrected chi connectivity index (χ1v) is 8.75. The van der Waals surface area contributed by atoms with E-state index in [-0.39, 0.29) is 17.6 Å². The van der Waals surface area contributed by atoms with Crippen molar-refractivity contribution < 1.29 is 9.84 Å². The van der Waals surface area contributed by atoms with Gasteiger partial charge in [0.25, 0.3) is 0 Å². The largest absolute Gasteiger partial charge is 0.510 e. The molecule has 126 valence electrons. The molecule has 0 unspecified atom stereocenters. The third kappa shape index (κ3) is 3.17. The van der Waals surface area contributed by atoms with Gasteiger partial charge in [0.2, 0.25) is 0 Å². The highest BCUT2D eigenvalue weighted by atomic mass is 35.5. The number of aromatic nitrogens is 1. The van der Waals surface area contributed by atoms with Crippen LogP contribution < -0.4 is 0 Å². The average Bonchev–Trinajstić information content (AvgIpc) is 3.13. The molecule has 2 N–H and O–H groups in total. The van der Waals surface area contributed by atoms with Gasteiger partial charge in [-0.3, -0.25) is 5.41 Å². The highest BCUT2D eigenvalue weighted by molar-refractivity contribution is 7.11. The van der Waals surface area contributed by atoms with Crippen molar-refractivity contribution in [3.63, 3.8) is 0 Å². The molecule has 0 bridgehead atoms. The molecule has 0 spiro atoms. The number of thiazole rings is 1. The van der Waals surface area contributed by atoms with Gasteiger partial charge in [-0.15, -0.1) is 11.3 Å². The zero-order chi connectivity index (χ0) is 17.3. The molecule has 5 nitrogen and oxygen atoms in total. The molecule has 1 aliphatic heterocycles. The minimum atomic E-state index is 0.0119. The lowest BCUT2D eigenvalue weighted by atomic mass is 10.2. The van der Waals surface area contributed by atoms with Gasteiger partial charge < -0.3 is 14.7 Å². The number of hydrogen-bond donors (Lipinski definition) is 2. The fourth-order valence-electron chi connectivity index (χ4n) is 2.67. The number of nitrogens with one attached hydrogen (secondary N) is 1. The van der Waals surface area contributed by atoms with Crippen LogP contribution in [0.2, 0.25) is 5.02 Å². The number of halogens is 1. The Hall–Kier alpha value is -1.89.